The van der Waals surface area contributed by atoms with E-state index in [4.69, 9.17) is 10.5 Å². The molecule has 15 heavy (non-hydrogen) atoms. The van der Waals surface area contributed by atoms with E-state index in [1.807, 2.05) is 25.2 Å². The van der Waals surface area contributed by atoms with Crippen molar-refractivity contribution in [3.8, 4) is 5.75 Å². The van der Waals surface area contributed by atoms with Crippen LogP contribution in [0.15, 0.2) is 24.3 Å². The average Bonchev–Trinajstić information content (AvgIpc) is 2.23. The van der Waals surface area contributed by atoms with Gasteiger partial charge < -0.3 is 15.8 Å². The molecule has 82 valence electrons. The van der Waals surface area contributed by atoms with Crippen LogP contribution < -0.4 is 15.8 Å². The summed E-state index contributed by atoms with van der Waals surface area (Å²) in [6.07, 6.45) is 5.18. The molecule has 3 heteroatoms. The summed E-state index contributed by atoms with van der Waals surface area (Å²) in [4.78, 5) is 0. The molecule has 0 aliphatic carbocycles. The molecule has 0 unspecified atom stereocenters. The Hall–Kier alpha value is -1.48. The minimum absolute atomic E-state index is 0.725. The molecule has 3 N–H and O–H groups in total. The molecular weight excluding hydrogens is 188 g/mol. The van der Waals surface area contributed by atoms with Gasteiger partial charge in [-0.15, -0.1) is 0 Å². The molecule has 0 heterocycles. The zero-order valence-corrected chi connectivity index (χ0v) is 9.29. The Morgan fingerprint density at radius 3 is 2.87 bits per heavy atom. The lowest BCUT2D eigenvalue weighted by atomic mass is 10.1. The molecule has 0 bridgehead atoms. The lowest BCUT2D eigenvalue weighted by molar-refractivity contribution is 0.415. The highest BCUT2D eigenvalue weighted by Crippen LogP contribution is 2.19. The van der Waals surface area contributed by atoms with Crippen LogP contribution in [0, 0.1) is 0 Å². The molecule has 1 aromatic rings. The number of methoxy groups -OCH3 is 1. The van der Waals surface area contributed by atoms with Gasteiger partial charge in [0.1, 0.15) is 5.75 Å². The summed E-state index contributed by atoms with van der Waals surface area (Å²) in [6, 6.07) is 5.70. The summed E-state index contributed by atoms with van der Waals surface area (Å²) >= 11 is 0. The van der Waals surface area contributed by atoms with Gasteiger partial charge in [-0.2, -0.15) is 0 Å². The Kier molecular flexibility index (Phi) is 4.71. The van der Waals surface area contributed by atoms with Crippen LogP contribution in [-0.4, -0.2) is 20.7 Å². The van der Waals surface area contributed by atoms with E-state index in [9.17, 15) is 0 Å². The van der Waals surface area contributed by atoms with Gasteiger partial charge >= 0.3 is 0 Å². The summed E-state index contributed by atoms with van der Waals surface area (Å²) in [7, 11) is 3.58. The summed E-state index contributed by atoms with van der Waals surface area (Å²) < 4.78 is 5.14. The van der Waals surface area contributed by atoms with Gasteiger partial charge in [0.2, 0.25) is 0 Å². The van der Waals surface area contributed by atoms with Crippen molar-refractivity contribution in [1.29, 1.82) is 0 Å². The summed E-state index contributed by atoms with van der Waals surface area (Å²) in [6.45, 7) is 0.982. The molecule has 0 aliphatic rings. The van der Waals surface area contributed by atoms with E-state index < -0.39 is 0 Å². The van der Waals surface area contributed by atoms with E-state index >= 15 is 0 Å². The molecule has 0 radical (unpaired) electrons. The summed E-state index contributed by atoms with van der Waals surface area (Å²) in [5.41, 5.74) is 7.54. The molecule has 0 fully saturated rings. The van der Waals surface area contributed by atoms with Crippen LogP contribution in [0.1, 0.15) is 12.0 Å². The van der Waals surface area contributed by atoms with Crippen molar-refractivity contribution in [2.45, 2.75) is 6.42 Å². The van der Waals surface area contributed by atoms with Gasteiger partial charge in [0.05, 0.1) is 7.11 Å². The normalized spacial score (nSPS) is 10.8. The maximum Gasteiger partial charge on any atom is 0.121 e. The zero-order chi connectivity index (χ0) is 11.1. The molecule has 3 nitrogen and oxygen atoms in total. The maximum absolute atomic E-state index is 5.74. The average molecular weight is 206 g/mol. The van der Waals surface area contributed by atoms with Crippen LogP contribution in [-0.2, 0) is 0 Å². The highest BCUT2D eigenvalue weighted by atomic mass is 16.5. The number of hydrogen-bond donors (Lipinski definition) is 2. The van der Waals surface area contributed by atoms with E-state index in [0.717, 1.165) is 30.0 Å². The molecule has 1 aromatic carbocycles. The summed E-state index contributed by atoms with van der Waals surface area (Å²) in [5, 5.41) is 3.09. The number of anilines is 1. The minimum atomic E-state index is 0.725. The second-order valence-corrected chi connectivity index (χ2v) is 3.33. The topological polar surface area (TPSA) is 47.3 Å². The first kappa shape index (κ1) is 11.6. The van der Waals surface area contributed by atoms with Gasteiger partial charge in [0.15, 0.2) is 0 Å². The first-order valence-corrected chi connectivity index (χ1v) is 5.02. The predicted octanol–water partition coefficient (Wildman–Crippen LogP) is 1.90. The van der Waals surface area contributed by atoms with Gasteiger partial charge in [-0.05, 0) is 37.7 Å². The van der Waals surface area contributed by atoms with Crippen LogP contribution in [0.3, 0.4) is 0 Å². The Bertz CT molecular complexity index is 334. The first-order valence-electron chi connectivity index (χ1n) is 5.02. The first-order chi connectivity index (χ1) is 7.26. The standard InChI is InChI=1S/C12H18N2O/c1-14-6-4-3-5-10-7-11(13)9-12(8-10)15-2/h3,5,7-9,14H,4,6,13H2,1-2H3. The fourth-order valence-electron chi connectivity index (χ4n) is 1.31. The van der Waals surface area contributed by atoms with Crippen molar-refractivity contribution in [1.82, 2.24) is 5.32 Å². The Morgan fingerprint density at radius 1 is 1.40 bits per heavy atom. The van der Waals surface area contributed by atoms with Crippen LogP contribution in [0.25, 0.3) is 6.08 Å². The highest BCUT2D eigenvalue weighted by molar-refractivity contribution is 5.59. The molecule has 0 amide bonds. The van der Waals surface area contributed by atoms with E-state index in [2.05, 4.69) is 17.5 Å². The van der Waals surface area contributed by atoms with Gasteiger partial charge in [0, 0.05) is 11.8 Å². The van der Waals surface area contributed by atoms with E-state index in [1.54, 1.807) is 7.11 Å². The largest absolute Gasteiger partial charge is 0.497 e. The van der Waals surface area contributed by atoms with Gasteiger partial charge in [-0.3, -0.25) is 0 Å². The van der Waals surface area contributed by atoms with Crippen molar-refractivity contribution in [2.24, 2.45) is 0 Å². The minimum Gasteiger partial charge on any atom is -0.497 e. The fourth-order valence-corrected chi connectivity index (χ4v) is 1.31. The van der Waals surface area contributed by atoms with Crippen molar-refractivity contribution >= 4 is 11.8 Å². The number of nitrogen functional groups attached to an aromatic ring is 1. The van der Waals surface area contributed by atoms with Crippen LogP contribution in [0.2, 0.25) is 0 Å². The van der Waals surface area contributed by atoms with E-state index in [0.29, 0.717) is 0 Å². The Balaban J connectivity index is 2.67. The quantitative estimate of drug-likeness (QED) is 0.571. The van der Waals surface area contributed by atoms with Crippen LogP contribution in [0.5, 0.6) is 5.75 Å². The molecule has 0 saturated heterocycles. The van der Waals surface area contributed by atoms with Gasteiger partial charge in [-0.25, -0.2) is 0 Å². The molecule has 0 spiro atoms. The third-order valence-electron chi connectivity index (χ3n) is 2.06. The zero-order valence-electron chi connectivity index (χ0n) is 9.29. The van der Waals surface area contributed by atoms with Crippen LogP contribution >= 0.6 is 0 Å². The second-order valence-electron chi connectivity index (χ2n) is 3.33. The molecule has 0 aliphatic heterocycles. The van der Waals surface area contributed by atoms with Crippen molar-refractivity contribution in [3.05, 3.63) is 29.8 Å². The molecule has 0 aromatic heterocycles. The van der Waals surface area contributed by atoms with Crippen LogP contribution in [0.4, 0.5) is 5.69 Å². The maximum atomic E-state index is 5.74. The van der Waals surface area contributed by atoms with E-state index in [-0.39, 0.29) is 0 Å². The number of hydrogen-bond acceptors (Lipinski definition) is 3. The van der Waals surface area contributed by atoms with Crippen molar-refractivity contribution in [2.75, 3.05) is 26.4 Å². The number of ether oxygens (including phenoxy) is 1. The Labute approximate surface area is 90.9 Å². The number of rotatable bonds is 5. The number of nitrogens with one attached hydrogen (secondary N) is 1. The third kappa shape index (κ3) is 4.04. The molecule has 0 saturated carbocycles. The lowest BCUT2D eigenvalue weighted by Crippen LogP contribution is -2.05. The SMILES string of the molecule is CNCCC=Cc1cc(N)cc(OC)c1. The predicted molar refractivity (Wildman–Crippen MR) is 65.0 cm³/mol. The van der Waals surface area contributed by atoms with E-state index in [1.165, 1.54) is 0 Å². The Morgan fingerprint density at radius 2 is 2.20 bits per heavy atom. The molecule has 0 atom stereocenters. The van der Waals surface area contributed by atoms with Gasteiger partial charge in [0.25, 0.3) is 0 Å². The number of nitrogens with two attached hydrogens (primary N) is 1. The molecular formula is C12H18N2O. The number of benzene rings is 1. The molecule has 1 rings (SSSR count). The van der Waals surface area contributed by atoms with Crippen molar-refractivity contribution in [3.63, 3.8) is 0 Å². The van der Waals surface area contributed by atoms with Gasteiger partial charge in [-0.1, -0.05) is 12.2 Å². The highest BCUT2D eigenvalue weighted by Gasteiger charge is 1.95. The fraction of sp³-hybridized carbons (Fsp3) is 0.333. The summed E-state index contributed by atoms with van der Waals surface area (Å²) in [5.74, 6) is 0.795. The third-order valence-corrected chi connectivity index (χ3v) is 2.06. The second kappa shape index (κ2) is 6.09. The smallest absolute Gasteiger partial charge is 0.121 e. The lowest BCUT2D eigenvalue weighted by Gasteiger charge is -2.03. The monoisotopic (exact) mass is 206 g/mol. The van der Waals surface area contributed by atoms with Crippen molar-refractivity contribution < 1.29 is 4.74 Å².